The van der Waals surface area contributed by atoms with Gasteiger partial charge in [-0.2, -0.15) is 13.2 Å². The van der Waals surface area contributed by atoms with Crippen LogP contribution in [0.1, 0.15) is 31.7 Å². The number of halogens is 4. The van der Waals surface area contributed by atoms with Crippen molar-refractivity contribution in [3.8, 4) is 0 Å². The smallest absolute Gasteiger partial charge is 0.367 e. The van der Waals surface area contributed by atoms with Crippen molar-refractivity contribution >= 4 is 24.3 Å². The van der Waals surface area contributed by atoms with Gasteiger partial charge in [-0.1, -0.05) is 0 Å². The van der Waals surface area contributed by atoms with E-state index in [0.29, 0.717) is 32.7 Å². The molecule has 2 unspecified atom stereocenters. The third-order valence-corrected chi connectivity index (χ3v) is 4.90. The normalized spacial score (nSPS) is 22.3. The van der Waals surface area contributed by atoms with Crippen LogP contribution in [0.5, 0.6) is 0 Å². The van der Waals surface area contributed by atoms with E-state index in [4.69, 9.17) is 10.5 Å². The fraction of sp³-hybridized carbons (Fsp3) is 0.706. The molecular weight excluding hydrogens is 399 g/mol. The Morgan fingerprint density at radius 2 is 1.82 bits per heavy atom. The lowest BCUT2D eigenvalue weighted by molar-refractivity contribution is -0.139. The average molecular weight is 424 g/mol. The zero-order chi connectivity index (χ0) is 19.6. The topological polar surface area (TPSA) is 84.6 Å². The SMILES string of the molecule is CC(N)COC1CCN(C2CCN(c3ncc(C(F)(F)F)cn3)CC2)C1=O.Cl. The van der Waals surface area contributed by atoms with Gasteiger partial charge < -0.3 is 20.3 Å². The van der Waals surface area contributed by atoms with E-state index in [1.165, 1.54) is 0 Å². The maximum atomic E-state index is 12.6. The predicted octanol–water partition coefficient (Wildman–Crippen LogP) is 1.85. The molecule has 2 atom stereocenters. The molecule has 7 nitrogen and oxygen atoms in total. The number of amides is 1. The quantitative estimate of drug-likeness (QED) is 0.778. The number of carbonyl (C=O) groups is 1. The number of nitrogens with zero attached hydrogens (tertiary/aromatic N) is 4. The first-order chi connectivity index (χ1) is 12.8. The predicted molar refractivity (Wildman–Crippen MR) is 99.2 cm³/mol. The number of hydrogen-bond donors (Lipinski definition) is 1. The summed E-state index contributed by atoms with van der Waals surface area (Å²) in [4.78, 5) is 23.9. The number of carbonyl (C=O) groups excluding carboxylic acids is 1. The summed E-state index contributed by atoms with van der Waals surface area (Å²) in [6.07, 6.45) is -1.16. The second-order valence-corrected chi connectivity index (χ2v) is 7.11. The van der Waals surface area contributed by atoms with Crippen molar-refractivity contribution in [2.45, 2.75) is 50.6 Å². The van der Waals surface area contributed by atoms with Gasteiger partial charge in [0, 0.05) is 50.5 Å². The molecule has 2 N–H and O–H groups in total. The molecule has 3 heterocycles. The molecule has 0 aliphatic carbocycles. The zero-order valence-corrected chi connectivity index (χ0v) is 16.4. The van der Waals surface area contributed by atoms with Crippen LogP contribution in [0, 0.1) is 0 Å². The third kappa shape index (κ3) is 5.24. The Morgan fingerprint density at radius 1 is 1.21 bits per heavy atom. The van der Waals surface area contributed by atoms with Crippen LogP contribution in [0.4, 0.5) is 19.1 Å². The van der Waals surface area contributed by atoms with Crippen molar-refractivity contribution < 1.29 is 22.7 Å². The number of alkyl halides is 3. The van der Waals surface area contributed by atoms with Crippen LogP contribution in [0.25, 0.3) is 0 Å². The molecule has 0 radical (unpaired) electrons. The summed E-state index contributed by atoms with van der Waals surface area (Å²) in [6.45, 7) is 4.02. The van der Waals surface area contributed by atoms with E-state index < -0.39 is 17.8 Å². The summed E-state index contributed by atoms with van der Waals surface area (Å²) in [5, 5.41) is 0. The van der Waals surface area contributed by atoms with Crippen molar-refractivity contribution in [3.05, 3.63) is 18.0 Å². The minimum absolute atomic E-state index is 0. The maximum Gasteiger partial charge on any atom is 0.419 e. The summed E-state index contributed by atoms with van der Waals surface area (Å²) in [7, 11) is 0. The lowest BCUT2D eigenvalue weighted by atomic mass is 10.0. The number of rotatable bonds is 5. The summed E-state index contributed by atoms with van der Waals surface area (Å²) < 4.78 is 43.4. The molecule has 2 saturated heterocycles. The van der Waals surface area contributed by atoms with Crippen molar-refractivity contribution in [1.82, 2.24) is 14.9 Å². The van der Waals surface area contributed by atoms with Gasteiger partial charge in [0.25, 0.3) is 5.91 Å². The Balaban J connectivity index is 0.00000280. The molecule has 158 valence electrons. The first-order valence-electron chi connectivity index (χ1n) is 9.07. The van der Waals surface area contributed by atoms with E-state index in [9.17, 15) is 18.0 Å². The lowest BCUT2D eigenvalue weighted by Crippen LogP contribution is -2.47. The maximum absolute atomic E-state index is 12.6. The van der Waals surface area contributed by atoms with Crippen LogP contribution < -0.4 is 10.6 Å². The van der Waals surface area contributed by atoms with Crippen LogP contribution in [0.3, 0.4) is 0 Å². The van der Waals surface area contributed by atoms with Crippen molar-refractivity contribution in [2.75, 3.05) is 31.1 Å². The van der Waals surface area contributed by atoms with Crippen molar-refractivity contribution in [2.24, 2.45) is 5.73 Å². The number of anilines is 1. The minimum Gasteiger partial charge on any atom is -0.367 e. The summed E-state index contributed by atoms with van der Waals surface area (Å²) in [6, 6.07) is -0.00841. The van der Waals surface area contributed by atoms with Gasteiger partial charge in [0.1, 0.15) is 6.10 Å². The van der Waals surface area contributed by atoms with Crippen LogP contribution in [-0.4, -0.2) is 65.2 Å². The Bertz CT molecular complexity index is 651. The molecule has 1 aromatic rings. The molecule has 1 amide bonds. The highest BCUT2D eigenvalue weighted by Crippen LogP contribution is 2.29. The zero-order valence-electron chi connectivity index (χ0n) is 15.6. The number of hydrogen-bond acceptors (Lipinski definition) is 6. The highest BCUT2D eigenvalue weighted by atomic mass is 35.5. The Morgan fingerprint density at radius 3 is 2.36 bits per heavy atom. The molecule has 2 fully saturated rings. The van der Waals surface area contributed by atoms with E-state index >= 15 is 0 Å². The summed E-state index contributed by atoms with van der Waals surface area (Å²) in [5.41, 5.74) is 4.81. The Labute approximate surface area is 167 Å². The molecule has 0 spiro atoms. The van der Waals surface area contributed by atoms with Crippen LogP contribution in [0.2, 0.25) is 0 Å². The molecule has 0 saturated carbocycles. The van der Waals surface area contributed by atoms with E-state index in [1.807, 2.05) is 16.7 Å². The highest BCUT2D eigenvalue weighted by molar-refractivity contribution is 5.85. The Kier molecular flexibility index (Phi) is 7.46. The second-order valence-electron chi connectivity index (χ2n) is 7.11. The number of aromatic nitrogens is 2. The molecule has 0 aromatic carbocycles. The number of nitrogens with two attached hydrogens (primary N) is 1. The first-order valence-corrected chi connectivity index (χ1v) is 9.07. The fourth-order valence-corrected chi connectivity index (χ4v) is 3.47. The lowest BCUT2D eigenvalue weighted by Gasteiger charge is -2.36. The molecule has 28 heavy (non-hydrogen) atoms. The van der Waals surface area contributed by atoms with Gasteiger partial charge in [-0.15, -0.1) is 12.4 Å². The molecular formula is C17H25ClF3N5O2. The van der Waals surface area contributed by atoms with Crippen LogP contribution >= 0.6 is 12.4 Å². The monoisotopic (exact) mass is 423 g/mol. The van der Waals surface area contributed by atoms with Gasteiger partial charge in [0.05, 0.1) is 12.2 Å². The number of piperidine rings is 1. The molecule has 2 aliphatic heterocycles. The summed E-state index contributed by atoms with van der Waals surface area (Å²) in [5.74, 6) is 0.284. The average Bonchev–Trinajstić information content (AvgIpc) is 3.00. The van der Waals surface area contributed by atoms with Gasteiger partial charge in [0.15, 0.2) is 0 Å². The summed E-state index contributed by atoms with van der Waals surface area (Å²) >= 11 is 0. The van der Waals surface area contributed by atoms with Gasteiger partial charge in [0.2, 0.25) is 5.95 Å². The molecule has 11 heteroatoms. The Hall–Kier alpha value is -1.65. The molecule has 2 aliphatic rings. The van der Waals surface area contributed by atoms with Crippen molar-refractivity contribution in [3.63, 3.8) is 0 Å². The van der Waals surface area contributed by atoms with Gasteiger partial charge in [-0.3, -0.25) is 4.79 Å². The number of ether oxygens (including phenoxy) is 1. The molecule has 3 rings (SSSR count). The standard InChI is InChI=1S/C17H24F3N5O2.ClH/c1-11(21)10-27-14-4-7-25(15(14)26)13-2-5-24(6-3-13)16-22-8-12(9-23-16)17(18,19)20;/h8-9,11,13-14H,2-7,10,21H2,1H3;1H. The number of likely N-dealkylation sites (tertiary alicyclic amines) is 1. The minimum atomic E-state index is -4.44. The molecule has 1 aromatic heterocycles. The van der Waals surface area contributed by atoms with E-state index in [1.54, 1.807) is 0 Å². The van der Waals surface area contributed by atoms with Gasteiger partial charge >= 0.3 is 6.18 Å². The fourth-order valence-electron chi connectivity index (χ4n) is 3.47. The van der Waals surface area contributed by atoms with Gasteiger partial charge in [-0.25, -0.2) is 9.97 Å². The largest absolute Gasteiger partial charge is 0.419 e. The highest BCUT2D eigenvalue weighted by Gasteiger charge is 2.38. The first kappa shape index (κ1) is 22.6. The van der Waals surface area contributed by atoms with Gasteiger partial charge in [-0.05, 0) is 19.8 Å². The molecule has 0 bridgehead atoms. The van der Waals surface area contributed by atoms with Crippen LogP contribution in [0.15, 0.2) is 12.4 Å². The second kappa shape index (κ2) is 9.23. The van der Waals surface area contributed by atoms with Crippen LogP contribution in [-0.2, 0) is 15.7 Å². The van der Waals surface area contributed by atoms with Crippen molar-refractivity contribution in [1.29, 1.82) is 0 Å². The third-order valence-electron chi connectivity index (χ3n) is 4.90. The van der Waals surface area contributed by atoms with E-state index in [2.05, 4.69) is 9.97 Å². The van der Waals surface area contributed by atoms with E-state index in [0.717, 1.165) is 25.2 Å². The van der Waals surface area contributed by atoms with E-state index in [-0.39, 0.29) is 36.3 Å².